The first kappa shape index (κ1) is 44.8. The van der Waals surface area contributed by atoms with E-state index in [1.165, 1.54) is 29.3 Å². The molecule has 1 aliphatic rings. The molecule has 0 bridgehead atoms. The van der Waals surface area contributed by atoms with Crippen LogP contribution in [0, 0.1) is 9.49 Å². The van der Waals surface area contributed by atoms with Crippen molar-refractivity contribution in [2.75, 3.05) is 59.2 Å². The summed E-state index contributed by atoms with van der Waals surface area (Å²) in [6, 6.07) is 20.2. The van der Waals surface area contributed by atoms with E-state index in [9.17, 15) is 0 Å². The Balaban J connectivity index is 0.000000257. The molecule has 5 rings (SSSR count). The summed E-state index contributed by atoms with van der Waals surface area (Å²) in [6.07, 6.45) is 5.68. The monoisotopic (exact) mass is 833 g/mol. The molecule has 0 radical (unpaired) electrons. The van der Waals surface area contributed by atoms with Gasteiger partial charge in [-0.2, -0.15) is 10.2 Å². The maximum absolute atomic E-state index is 6.08. The molecule has 0 aliphatic heterocycles. The zero-order valence-electron chi connectivity index (χ0n) is 33.1. The van der Waals surface area contributed by atoms with Crippen molar-refractivity contribution in [1.82, 2.24) is 25.3 Å². The number of hydrogen-bond acceptors (Lipinski definition) is 9. The second kappa shape index (κ2) is 22.7. The van der Waals surface area contributed by atoms with E-state index in [0.29, 0.717) is 38.1 Å². The number of nitrogens with two attached hydrogens (primary N) is 2. The Bertz CT molecular complexity index is 1560. The van der Waals surface area contributed by atoms with Gasteiger partial charge >= 0.3 is 0 Å². The van der Waals surface area contributed by atoms with Crippen molar-refractivity contribution in [1.29, 1.82) is 0 Å². The average Bonchev–Trinajstić information content (AvgIpc) is 3.72. The highest BCUT2D eigenvalue weighted by molar-refractivity contribution is 14.1. The zero-order chi connectivity index (χ0) is 38.7. The lowest BCUT2D eigenvalue weighted by molar-refractivity contribution is 0.146. The highest BCUT2D eigenvalue weighted by Crippen LogP contribution is 2.26. The molecule has 0 spiro atoms. The zero-order valence-corrected chi connectivity index (χ0v) is 35.2. The lowest BCUT2D eigenvalue weighted by atomic mass is 9.86. The van der Waals surface area contributed by atoms with Crippen LogP contribution in [0.25, 0.3) is 5.69 Å². The van der Waals surface area contributed by atoms with Crippen LogP contribution in [0.3, 0.4) is 0 Å². The van der Waals surface area contributed by atoms with Gasteiger partial charge < -0.3 is 35.7 Å². The van der Waals surface area contributed by atoms with Crippen LogP contribution in [0.2, 0.25) is 0 Å². The van der Waals surface area contributed by atoms with Gasteiger partial charge in [-0.15, -0.1) is 0 Å². The summed E-state index contributed by atoms with van der Waals surface area (Å²) >= 11 is 2.26. The number of nitrogen functional groups attached to an aromatic ring is 2. The number of aromatic amines is 1. The third kappa shape index (κ3) is 16.6. The van der Waals surface area contributed by atoms with Gasteiger partial charge in [0.05, 0.1) is 24.6 Å². The molecule has 12 heteroatoms. The molecule has 6 N–H and O–H groups in total. The molecule has 2 aromatic carbocycles. The van der Waals surface area contributed by atoms with Crippen LogP contribution >= 0.6 is 22.6 Å². The van der Waals surface area contributed by atoms with Gasteiger partial charge in [-0.05, 0) is 78.7 Å². The summed E-state index contributed by atoms with van der Waals surface area (Å²) < 4.78 is 23.8. The van der Waals surface area contributed by atoms with Crippen LogP contribution in [-0.2, 0) is 20.3 Å². The summed E-state index contributed by atoms with van der Waals surface area (Å²) in [5, 5.41) is 14.7. The minimum absolute atomic E-state index is 0.0358. The third-order valence-corrected chi connectivity index (χ3v) is 9.03. The fourth-order valence-electron chi connectivity index (χ4n) is 5.18. The van der Waals surface area contributed by atoms with Crippen molar-refractivity contribution in [2.24, 2.45) is 5.92 Å². The summed E-state index contributed by atoms with van der Waals surface area (Å²) in [5.74, 6) is 3.76. The van der Waals surface area contributed by atoms with Crippen molar-refractivity contribution < 1.29 is 18.9 Å². The molecule has 1 saturated carbocycles. The standard InChI is InChI=1S/C16H23N3O2.C9H11IO2.C8H17N.C7H13N3/c1-16(2,3)14-11-15(17)19(18-14)12-6-5-7-13(10-12)21-9-8-20-4;1-11-5-6-12-9-4-2-3-8(10)7-9;1-7-5-3-4-6-8(7)9-2;1-7(2,3)5-4-6(8)10-9-5/h5-7,10-11H,8-9,17H2,1-4H3;2-4,7H,5-6H2,1H3;7-9H,3-6H2,1-2H3;4H,1-3H3,(H3,8,9,10)/t;;7-,8-;/m..1./s1. The molecule has 11 nitrogen and oxygen atoms in total. The summed E-state index contributed by atoms with van der Waals surface area (Å²) in [4.78, 5) is 0. The van der Waals surface area contributed by atoms with E-state index in [1.807, 2.05) is 60.7 Å². The average molecular weight is 834 g/mol. The van der Waals surface area contributed by atoms with Crippen LogP contribution < -0.4 is 26.3 Å². The van der Waals surface area contributed by atoms with Crippen LogP contribution in [0.4, 0.5) is 11.6 Å². The lowest BCUT2D eigenvalue weighted by Crippen LogP contribution is -2.34. The maximum atomic E-state index is 6.08. The van der Waals surface area contributed by atoms with E-state index in [-0.39, 0.29) is 10.8 Å². The van der Waals surface area contributed by atoms with Crippen molar-refractivity contribution >= 4 is 34.2 Å². The van der Waals surface area contributed by atoms with E-state index in [2.05, 4.69) is 98.7 Å². The number of anilines is 2. The number of halogens is 1. The van der Waals surface area contributed by atoms with Crippen molar-refractivity contribution in [3.05, 3.63) is 75.6 Å². The van der Waals surface area contributed by atoms with E-state index in [0.717, 1.165) is 40.5 Å². The van der Waals surface area contributed by atoms with Crippen LogP contribution in [0.15, 0.2) is 60.7 Å². The van der Waals surface area contributed by atoms with Gasteiger partial charge in [0.2, 0.25) is 0 Å². The highest BCUT2D eigenvalue weighted by Gasteiger charge is 2.20. The van der Waals surface area contributed by atoms with E-state index in [1.54, 1.807) is 18.9 Å². The van der Waals surface area contributed by atoms with E-state index in [4.69, 9.17) is 30.4 Å². The summed E-state index contributed by atoms with van der Waals surface area (Å²) in [7, 11) is 5.39. The smallest absolute Gasteiger partial charge is 0.145 e. The molecular formula is C40H64IN7O4. The Morgan fingerprint density at radius 1 is 0.827 bits per heavy atom. The first-order chi connectivity index (χ1) is 24.6. The third-order valence-electron chi connectivity index (χ3n) is 8.36. The number of hydrogen-bond donors (Lipinski definition) is 4. The molecular weight excluding hydrogens is 769 g/mol. The van der Waals surface area contributed by atoms with Gasteiger partial charge in [0, 0.05) is 58.6 Å². The van der Waals surface area contributed by atoms with Gasteiger partial charge in [0.25, 0.3) is 0 Å². The second-order valence-corrected chi connectivity index (χ2v) is 16.1. The van der Waals surface area contributed by atoms with Crippen LogP contribution in [0.1, 0.15) is 85.5 Å². The molecule has 1 fully saturated rings. The Morgan fingerprint density at radius 3 is 1.87 bits per heavy atom. The Labute approximate surface area is 326 Å². The molecule has 0 amide bonds. The fourth-order valence-corrected chi connectivity index (χ4v) is 5.70. The maximum Gasteiger partial charge on any atom is 0.145 e. The molecule has 1 aliphatic carbocycles. The van der Waals surface area contributed by atoms with E-state index >= 15 is 0 Å². The molecule has 2 heterocycles. The number of ether oxygens (including phenoxy) is 4. The van der Waals surface area contributed by atoms with Gasteiger partial charge in [-0.1, -0.05) is 73.4 Å². The predicted molar refractivity (Wildman–Crippen MR) is 223 cm³/mol. The highest BCUT2D eigenvalue weighted by atomic mass is 127. The van der Waals surface area contributed by atoms with Crippen molar-refractivity contribution in [3.8, 4) is 17.2 Å². The SMILES string of the molecule is CC(C)(C)c1cc(N)n[nH]1.CN[C@@H]1CCCC[C@H]1C.COCCOc1cccc(-n2nc(C(C)(C)C)cc2N)c1.COCCOc1cccc(I)c1. The molecule has 2 aromatic heterocycles. The van der Waals surface area contributed by atoms with Crippen LogP contribution in [0.5, 0.6) is 11.5 Å². The fraction of sp³-hybridized carbons (Fsp3) is 0.550. The topological polar surface area (TPSA) is 147 Å². The quantitative estimate of drug-likeness (QED) is 0.0918. The molecule has 290 valence electrons. The first-order valence-corrected chi connectivity index (χ1v) is 19.1. The second-order valence-electron chi connectivity index (χ2n) is 14.9. The Hall–Kier alpha value is -3.33. The predicted octanol–water partition coefficient (Wildman–Crippen LogP) is 8.17. The molecule has 0 saturated heterocycles. The largest absolute Gasteiger partial charge is 0.491 e. The number of nitrogens with one attached hydrogen (secondary N) is 2. The normalized spacial score (nSPS) is 15.6. The number of rotatable bonds is 10. The molecule has 0 unspecified atom stereocenters. The minimum Gasteiger partial charge on any atom is -0.491 e. The molecule has 2 atom stereocenters. The van der Waals surface area contributed by atoms with Gasteiger partial charge in [0.1, 0.15) is 36.3 Å². The van der Waals surface area contributed by atoms with Crippen molar-refractivity contribution in [3.63, 3.8) is 0 Å². The van der Waals surface area contributed by atoms with Gasteiger partial charge in [0.15, 0.2) is 0 Å². The summed E-state index contributed by atoms with van der Waals surface area (Å²) in [5.41, 5.74) is 14.5. The Kier molecular flexibility index (Phi) is 19.5. The van der Waals surface area contributed by atoms with E-state index < -0.39 is 0 Å². The number of H-pyrrole nitrogens is 1. The Morgan fingerprint density at radius 2 is 1.42 bits per heavy atom. The van der Waals surface area contributed by atoms with Crippen LogP contribution in [-0.4, -0.2) is 73.7 Å². The molecule has 52 heavy (non-hydrogen) atoms. The minimum atomic E-state index is -0.0358. The van der Waals surface area contributed by atoms with Gasteiger partial charge in [-0.3, -0.25) is 5.10 Å². The number of nitrogens with zero attached hydrogens (tertiary/aromatic N) is 3. The number of benzene rings is 2. The van der Waals surface area contributed by atoms with Gasteiger partial charge in [-0.25, -0.2) is 4.68 Å². The molecule has 4 aromatic rings. The lowest BCUT2D eigenvalue weighted by Gasteiger charge is -2.27. The first-order valence-electron chi connectivity index (χ1n) is 18.0. The summed E-state index contributed by atoms with van der Waals surface area (Å²) in [6.45, 7) is 17.3. The number of aromatic nitrogens is 4. The number of methoxy groups -OCH3 is 2. The van der Waals surface area contributed by atoms with Crippen molar-refractivity contribution in [2.45, 2.75) is 91.0 Å².